The van der Waals surface area contributed by atoms with E-state index >= 15 is 0 Å². The van der Waals surface area contributed by atoms with Crippen molar-refractivity contribution in [3.05, 3.63) is 64.8 Å². The Kier molecular flexibility index (Phi) is 9.67. The number of thioether (sulfide) groups is 1. The van der Waals surface area contributed by atoms with Crippen LogP contribution in [0.2, 0.25) is 0 Å². The molecule has 5 rings (SSSR count). The van der Waals surface area contributed by atoms with Gasteiger partial charge in [-0.2, -0.15) is 0 Å². The fraction of sp³-hybridized carbons (Fsp3) is 0.320. The Hall–Kier alpha value is -2.72. The van der Waals surface area contributed by atoms with Crippen LogP contribution in [0.5, 0.6) is 5.75 Å². The highest BCUT2D eigenvalue weighted by atomic mass is 35.5. The third-order valence-electron chi connectivity index (χ3n) is 6.13. The van der Waals surface area contributed by atoms with Gasteiger partial charge >= 0.3 is 5.97 Å². The first-order valence-electron chi connectivity index (χ1n) is 11.4. The van der Waals surface area contributed by atoms with Gasteiger partial charge in [0.15, 0.2) is 0 Å². The number of aromatic nitrogens is 2. The molecule has 8 nitrogen and oxygen atoms in total. The number of pyridine rings is 1. The summed E-state index contributed by atoms with van der Waals surface area (Å²) in [4.78, 5) is 31.5. The number of carbonyl (C=O) groups excluding carboxylic acids is 1. The predicted octanol–water partition coefficient (Wildman–Crippen LogP) is 4.37. The van der Waals surface area contributed by atoms with Gasteiger partial charge in [-0.1, -0.05) is 23.9 Å². The van der Waals surface area contributed by atoms with Gasteiger partial charge in [0.05, 0.1) is 34.0 Å². The fourth-order valence-electron chi connectivity index (χ4n) is 4.35. The average Bonchev–Trinajstić information content (AvgIpc) is 3.27. The minimum atomic E-state index is -0.956. The molecule has 4 heterocycles. The number of carbonyl (C=O) groups is 2. The summed E-state index contributed by atoms with van der Waals surface area (Å²) >= 11 is 1.48. The number of likely N-dealkylation sites (tertiary alicyclic amines) is 1. The fourth-order valence-corrected chi connectivity index (χ4v) is 5.35. The molecular weight excluding hydrogens is 523 g/mol. The molecular formula is C25H28Cl2N4O4S. The molecule has 11 heteroatoms. The molecule has 36 heavy (non-hydrogen) atoms. The van der Waals surface area contributed by atoms with Crippen molar-refractivity contribution in [2.24, 2.45) is 0 Å². The lowest BCUT2D eigenvalue weighted by Gasteiger charge is -2.32. The lowest BCUT2D eigenvalue weighted by atomic mass is 10.0. The molecule has 0 aliphatic carbocycles. The summed E-state index contributed by atoms with van der Waals surface area (Å²) in [6, 6.07) is 12.7. The summed E-state index contributed by atoms with van der Waals surface area (Å²) in [6.07, 6.45) is 6.40. The number of carboxylic acid groups (broad SMARTS) is 1. The highest BCUT2D eigenvalue weighted by Gasteiger charge is 2.24. The Morgan fingerprint density at radius 1 is 1.14 bits per heavy atom. The second-order valence-electron chi connectivity index (χ2n) is 8.48. The Morgan fingerprint density at radius 3 is 2.69 bits per heavy atom. The Labute approximate surface area is 225 Å². The van der Waals surface area contributed by atoms with Crippen LogP contribution in [0.1, 0.15) is 35.3 Å². The summed E-state index contributed by atoms with van der Waals surface area (Å²) in [5.41, 5.74) is 2.05. The molecule has 2 aliphatic rings. The van der Waals surface area contributed by atoms with Gasteiger partial charge in [-0.25, -0.2) is 9.78 Å². The number of carboxylic acids is 1. The van der Waals surface area contributed by atoms with E-state index in [-0.39, 0.29) is 42.3 Å². The summed E-state index contributed by atoms with van der Waals surface area (Å²) in [5, 5.41) is 13.3. The second-order valence-corrected chi connectivity index (χ2v) is 9.54. The topological polar surface area (TPSA) is 96.2 Å². The van der Waals surface area contributed by atoms with Gasteiger partial charge in [0.25, 0.3) is 5.91 Å². The van der Waals surface area contributed by atoms with Crippen molar-refractivity contribution in [1.82, 2.24) is 19.6 Å². The number of ether oxygens (including phenoxy) is 1. The maximum atomic E-state index is 12.9. The molecule has 0 spiro atoms. The van der Waals surface area contributed by atoms with Gasteiger partial charge in [-0.3, -0.25) is 9.20 Å². The molecule has 0 radical (unpaired) electrons. The van der Waals surface area contributed by atoms with Crippen molar-refractivity contribution in [2.75, 3.05) is 26.2 Å². The Balaban J connectivity index is 0.00000180. The van der Waals surface area contributed by atoms with Crippen LogP contribution in [0.25, 0.3) is 11.7 Å². The van der Waals surface area contributed by atoms with Gasteiger partial charge in [0, 0.05) is 25.7 Å². The maximum absolute atomic E-state index is 12.9. The molecule has 192 valence electrons. The normalized spacial score (nSPS) is 15.4. The number of benzene rings is 1. The molecule has 0 unspecified atom stereocenters. The summed E-state index contributed by atoms with van der Waals surface area (Å²) in [6.45, 7) is 3.30. The first-order chi connectivity index (χ1) is 16.6. The molecule has 1 aromatic carbocycles. The standard InChI is InChI=1S/C25H26N4O4S.2ClH/c30-24(21-15-19-16-26-22-6-2-7-23(34-21)29(19)22)27-18-8-11-28(12-9-18)10-3-13-33-20-5-1-4-17(14-20)25(31)32;;/h1-2,4-7,14-16,18H,3,8-13H2,(H,27,30)(H,31,32);2*1H. The van der Waals surface area contributed by atoms with Crippen LogP contribution in [0.4, 0.5) is 0 Å². The molecule has 0 bridgehead atoms. The van der Waals surface area contributed by atoms with Crippen molar-refractivity contribution in [3.8, 4) is 5.75 Å². The van der Waals surface area contributed by atoms with Crippen molar-refractivity contribution >= 4 is 60.2 Å². The van der Waals surface area contributed by atoms with E-state index in [4.69, 9.17) is 9.84 Å². The van der Waals surface area contributed by atoms with E-state index in [1.807, 2.05) is 24.3 Å². The van der Waals surface area contributed by atoms with Crippen molar-refractivity contribution in [2.45, 2.75) is 30.3 Å². The Bertz CT molecular complexity index is 1260. The summed E-state index contributed by atoms with van der Waals surface area (Å²) in [5.74, 6) is -0.400. The molecule has 1 saturated heterocycles. The first kappa shape index (κ1) is 27.9. The number of aromatic carboxylic acids is 1. The number of hydrogen-bond donors (Lipinski definition) is 2. The predicted molar refractivity (Wildman–Crippen MR) is 145 cm³/mol. The SMILES string of the molecule is Cl.Cl.O=C(NC1CCN(CCCOc2cccc(C(=O)O)c2)CC1)C1=Cc2cnc3cccc(n23)S1. The summed E-state index contributed by atoms with van der Waals surface area (Å²) < 4.78 is 7.77. The zero-order valence-corrected chi connectivity index (χ0v) is 21.9. The number of piperidine rings is 1. The zero-order chi connectivity index (χ0) is 23.5. The minimum Gasteiger partial charge on any atom is -0.494 e. The van der Waals surface area contributed by atoms with E-state index in [9.17, 15) is 9.59 Å². The van der Waals surface area contributed by atoms with Crippen LogP contribution >= 0.6 is 36.6 Å². The molecule has 0 saturated carbocycles. The van der Waals surface area contributed by atoms with E-state index < -0.39 is 5.97 Å². The van der Waals surface area contributed by atoms with Crippen molar-refractivity contribution in [3.63, 3.8) is 0 Å². The van der Waals surface area contributed by atoms with Gasteiger partial charge in [0.2, 0.25) is 0 Å². The van der Waals surface area contributed by atoms with Crippen LogP contribution in [-0.4, -0.2) is 63.6 Å². The van der Waals surface area contributed by atoms with Crippen LogP contribution in [0, 0.1) is 0 Å². The molecule has 3 aromatic rings. The number of nitrogens with zero attached hydrogens (tertiary/aromatic N) is 3. The molecule has 1 amide bonds. The van der Waals surface area contributed by atoms with Gasteiger partial charge in [-0.15, -0.1) is 24.8 Å². The second kappa shape index (κ2) is 12.5. The highest BCUT2D eigenvalue weighted by molar-refractivity contribution is 8.04. The quantitative estimate of drug-likeness (QED) is 0.402. The number of nitrogens with one attached hydrogen (secondary N) is 1. The molecule has 2 aliphatic heterocycles. The van der Waals surface area contributed by atoms with E-state index in [1.165, 1.54) is 11.8 Å². The third-order valence-corrected chi connectivity index (χ3v) is 7.18. The lowest BCUT2D eigenvalue weighted by Crippen LogP contribution is -2.45. The van der Waals surface area contributed by atoms with Gasteiger partial charge < -0.3 is 20.1 Å². The summed E-state index contributed by atoms with van der Waals surface area (Å²) in [7, 11) is 0. The number of hydrogen-bond acceptors (Lipinski definition) is 6. The number of halogens is 2. The van der Waals surface area contributed by atoms with Crippen LogP contribution in [0.3, 0.4) is 0 Å². The lowest BCUT2D eigenvalue weighted by molar-refractivity contribution is -0.117. The monoisotopic (exact) mass is 550 g/mol. The minimum absolute atomic E-state index is 0. The van der Waals surface area contributed by atoms with E-state index in [2.05, 4.69) is 19.6 Å². The highest BCUT2D eigenvalue weighted by Crippen LogP contribution is 2.34. The van der Waals surface area contributed by atoms with E-state index in [0.717, 1.165) is 55.3 Å². The molecule has 2 N–H and O–H groups in total. The van der Waals surface area contributed by atoms with Crippen molar-refractivity contribution < 1.29 is 19.4 Å². The number of amides is 1. The van der Waals surface area contributed by atoms with Gasteiger partial charge in [-0.05, 0) is 55.7 Å². The number of rotatable bonds is 8. The van der Waals surface area contributed by atoms with E-state index in [1.54, 1.807) is 30.5 Å². The van der Waals surface area contributed by atoms with Crippen molar-refractivity contribution in [1.29, 1.82) is 0 Å². The maximum Gasteiger partial charge on any atom is 0.335 e. The first-order valence-corrected chi connectivity index (χ1v) is 12.2. The largest absolute Gasteiger partial charge is 0.494 e. The molecule has 1 fully saturated rings. The average molecular weight is 551 g/mol. The zero-order valence-electron chi connectivity index (χ0n) is 19.5. The van der Waals surface area contributed by atoms with Crippen LogP contribution in [0.15, 0.2) is 58.6 Å². The number of imidazole rings is 1. The van der Waals surface area contributed by atoms with Crippen LogP contribution in [-0.2, 0) is 4.79 Å². The Morgan fingerprint density at radius 2 is 1.92 bits per heavy atom. The smallest absolute Gasteiger partial charge is 0.335 e. The van der Waals surface area contributed by atoms with Crippen LogP contribution < -0.4 is 10.1 Å². The van der Waals surface area contributed by atoms with E-state index in [0.29, 0.717) is 17.3 Å². The molecule has 0 atom stereocenters. The third kappa shape index (κ3) is 6.34. The van der Waals surface area contributed by atoms with Gasteiger partial charge in [0.1, 0.15) is 11.4 Å². The molecule has 2 aromatic heterocycles.